The summed E-state index contributed by atoms with van der Waals surface area (Å²) in [6.45, 7) is 2.38. The molecule has 0 unspecified atom stereocenters. The van der Waals surface area contributed by atoms with Gasteiger partial charge in [-0.05, 0) is 19.8 Å². The highest BCUT2D eigenvalue weighted by Gasteiger charge is 2.33. The standard InChI is InChI=1S/C11H15N3O3/c1-7-8(6-12-13-7)5-10(15)14-4-2-3-9(14)11(16)17/h6,9H,2-5H2,1H3,(H,12,13)(H,16,17)/t9-/m0/s1. The number of aryl methyl sites for hydroxylation is 1. The first-order valence-corrected chi connectivity index (χ1v) is 5.60. The van der Waals surface area contributed by atoms with Gasteiger partial charge in [0.05, 0.1) is 12.6 Å². The van der Waals surface area contributed by atoms with Gasteiger partial charge in [0.1, 0.15) is 6.04 Å². The third-order valence-corrected chi connectivity index (χ3v) is 3.13. The molecule has 1 aromatic heterocycles. The van der Waals surface area contributed by atoms with Crippen LogP contribution >= 0.6 is 0 Å². The first-order chi connectivity index (χ1) is 8.09. The number of carbonyl (C=O) groups excluding carboxylic acids is 1. The Kier molecular flexibility index (Phi) is 3.12. The third-order valence-electron chi connectivity index (χ3n) is 3.13. The number of aliphatic carboxylic acids is 1. The summed E-state index contributed by atoms with van der Waals surface area (Å²) in [4.78, 5) is 24.4. The third kappa shape index (κ3) is 2.30. The molecule has 6 nitrogen and oxygen atoms in total. The number of carboxylic acids is 1. The van der Waals surface area contributed by atoms with Crippen molar-refractivity contribution in [3.05, 3.63) is 17.5 Å². The normalized spacial score (nSPS) is 19.6. The molecule has 2 N–H and O–H groups in total. The predicted molar refractivity (Wildman–Crippen MR) is 59.4 cm³/mol. The number of carbonyl (C=O) groups is 2. The monoisotopic (exact) mass is 237 g/mol. The van der Waals surface area contributed by atoms with Gasteiger partial charge in [-0.15, -0.1) is 0 Å². The van der Waals surface area contributed by atoms with Crippen LogP contribution in [0, 0.1) is 6.92 Å². The Morgan fingerprint density at radius 1 is 1.65 bits per heavy atom. The number of rotatable bonds is 3. The SMILES string of the molecule is Cc1[nH]ncc1CC(=O)N1CCC[C@H]1C(=O)O. The van der Waals surface area contributed by atoms with Gasteiger partial charge < -0.3 is 10.0 Å². The highest BCUT2D eigenvalue weighted by atomic mass is 16.4. The van der Waals surface area contributed by atoms with Gasteiger partial charge in [0.2, 0.25) is 5.91 Å². The lowest BCUT2D eigenvalue weighted by Crippen LogP contribution is -2.41. The van der Waals surface area contributed by atoms with Crippen molar-refractivity contribution in [2.75, 3.05) is 6.54 Å². The van der Waals surface area contributed by atoms with E-state index in [1.54, 1.807) is 6.20 Å². The molecule has 1 amide bonds. The number of aromatic amines is 1. The molecule has 0 aliphatic carbocycles. The number of aromatic nitrogens is 2. The zero-order valence-corrected chi connectivity index (χ0v) is 9.64. The molecule has 1 fully saturated rings. The molecule has 92 valence electrons. The fourth-order valence-corrected chi connectivity index (χ4v) is 2.14. The van der Waals surface area contributed by atoms with Crippen molar-refractivity contribution < 1.29 is 14.7 Å². The fraction of sp³-hybridized carbons (Fsp3) is 0.545. The van der Waals surface area contributed by atoms with Crippen molar-refractivity contribution >= 4 is 11.9 Å². The molecule has 2 heterocycles. The average molecular weight is 237 g/mol. The van der Waals surface area contributed by atoms with Crippen molar-refractivity contribution in [3.8, 4) is 0 Å². The molecule has 1 saturated heterocycles. The second kappa shape index (κ2) is 4.57. The van der Waals surface area contributed by atoms with E-state index in [1.807, 2.05) is 6.92 Å². The number of carboxylic acid groups (broad SMARTS) is 1. The highest BCUT2D eigenvalue weighted by Crippen LogP contribution is 2.19. The summed E-state index contributed by atoms with van der Waals surface area (Å²) in [5.74, 6) is -1.06. The first kappa shape index (κ1) is 11.6. The van der Waals surface area contributed by atoms with E-state index in [1.165, 1.54) is 4.90 Å². The van der Waals surface area contributed by atoms with Gasteiger partial charge in [-0.2, -0.15) is 5.10 Å². The number of likely N-dealkylation sites (tertiary alicyclic amines) is 1. The van der Waals surface area contributed by atoms with Crippen molar-refractivity contribution in [2.45, 2.75) is 32.2 Å². The summed E-state index contributed by atoms with van der Waals surface area (Å²) in [6, 6.07) is -0.658. The Labute approximate surface area is 98.6 Å². The Morgan fingerprint density at radius 3 is 3.00 bits per heavy atom. The maximum Gasteiger partial charge on any atom is 0.326 e. The first-order valence-electron chi connectivity index (χ1n) is 5.60. The summed E-state index contributed by atoms with van der Waals surface area (Å²) in [5, 5.41) is 15.6. The molecule has 0 radical (unpaired) electrons. The highest BCUT2D eigenvalue weighted by molar-refractivity contribution is 5.85. The van der Waals surface area contributed by atoms with Gasteiger partial charge in [-0.25, -0.2) is 4.79 Å². The fourth-order valence-electron chi connectivity index (χ4n) is 2.14. The van der Waals surface area contributed by atoms with E-state index in [-0.39, 0.29) is 12.3 Å². The second-order valence-electron chi connectivity index (χ2n) is 4.28. The summed E-state index contributed by atoms with van der Waals surface area (Å²) in [6.07, 6.45) is 3.13. The number of nitrogens with zero attached hydrogens (tertiary/aromatic N) is 2. The van der Waals surface area contributed by atoms with Crippen LogP contribution in [-0.4, -0.2) is 44.7 Å². The van der Waals surface area contributed by atoms with Crippen LogP contribution < -0.4 is 0 Å². The van der Waals surface area contributed by atoms with E-state index in [9.17, 15) is 9.59 Å². The van der Waals surface area contributed by atoms with Crippen LogP contribution in [0.15, 0.2) is 6.20 Å². The van der Waals surface area contributed by atoms with Gasteiger partial charge in [-0.1, -0.05) is 0 Å². The summed E-state index contributed by atoms with van der Waals surface area (Å²) >= 11 is 0. The van der Waals surface area contributed by atoms with Gasteiger partial charge in [0.25, 0.3) is 0 Å². The molecule has 1 atom stereocenters. The van der Waals surface area contributed by atoms with Crippen molar-refractivity contribution in [1.29, 1.82) is 0 Å². The van der Waals surface area contributed by atoms with Crippen LogP contribution in [0.5, 0.6) is 0 Å². The predicted octanol–water partition coefficient (Wildman–Crippen LogP) is 0.336. The Hall–Kier alpha value is -1.85. The summed E-state index contributed by atoms with van der Waals surface area (Å²) in [7, 11) is 0. The van der Waals surface area contributed by atoms with E-state index in [0.29, 0.717) is 13.0 Å². The molecule has 0 saturated carbocycles. The maximum absolute atomic E-state index is 12.0. The van der Waals surface area contributed by atoms with E-state index >= 15 is 0 Å². The van der Waals surface area contributed by atoms with Crippen LogP contribution in [0.25, 0.3) is 0 Å². The minimum atomic E-state index is -0.917. The lowest BCUT2D eigenvalue weighted by molar-refractivity contribution is -0.148. The maximum atomic E-state index is 12.0. The lowest BCUT2D eigenvalue weighted by atomic mass is 10.1. The molecule has 0 spiro atoms. The molecule has 1 aromatic rings. The molecule has 1 aliphatic rings. The van der Waals surface area contributed by atoms with Crippen LogP contribution in [-0.2, 0) is 16.0 Å². The van der Waals surface area contributed by atoms with Gasteiger partial charge in [-0.3, -0.25) is 9.89 Å². The quantitative estimate of drug-likeness (QED) is 0.793. The van der Waals surface area contributed by atoms with Gasteiger partial charge in [0, 0.05) is 17.8 Å². The van der Waals surface area contributed by atoms with Crippen molar-refractivity contribution in [3.63, 3.8) is 0 Å². The van der Waals surface area contributed by atoms with Crippen LogP contribution in [0.2, 0.25) is 0 Å². The Morgan fingerprint density at radius 2 is 2.41 bits per heavy atom. The molecule has 6 heteroatoms. The number of hydrogen-bond donors (Lipinski definition) is 2. The van der Waals surface area contributed by atoms with E-state index < -0.39 is 12.0 Å². The molecule has 0 bridgehead atoms. The van der Waals surface area contributed by atoms with Crippen LogP contribution in [0.3, 0.4) is 0 Å². The number of hydrogen-bond acceptors (Lipinski definition) is 3. The van der Waals surface area contributed by atoms with E-state index in [2.05, 4.69) is 10.2 Å². The van der Waals surface area contributed by atoms with Gasteiger partial charge >= 0.3 is 5.97 Å². The van der Waals surface area contributed by atoms with E-state index in [4.69, 9.17) is 5.11 Å². The van der Waals surface area contributed by atoms with Crippen molar-refractivity contribution in [1.82, 2.24) is 15.1 Å². The van der Waals surface area contributed by atoms with Crippen LogP contribution in [0.1, 0.15) is 24.1 Å². The zero-order valence-electron chi connectivity index (χ0n) is 9.64. The molecular weight excluding hydrogens is 222 g/mol. The van der Waals surface area contributed by atoms with Gasteiger partial charge in [0.15, 0.2) is 0 Å². The van der Waals surface area contributed by atoms with Crippen molar-refractivity contribution in [2.24, 2.45) is 0 Å². The molecule has 17 heavy (non-hydrogen) atoms. The number of H-pyrrole nitrogens is 1. The van der Waals surface area contributed by atoms with Crippen LogP contribution in [0.4, 0.5) is 0 Å². The molecule has 0 aromatic carbocycles. The lowest BCUT2D eigenvalue weighted by Gasteiger charge is -2.21. The molecular formula is C11H15N3O3. The number of nitrogens with one attached hydrogen (secondary N) is 1. The zero-order chi connectivity index (χ0) is 12.4. The molecule has 2 rings (SSSR count). The number of amides is 1. The largest absolute Gasteiger partial charge is 0.480 e. The van der Waals surface area contributed by atoms with E-state index in [0.717, 1.165) is 17.7 Å². The topological polar surface area (TPSA) is 86.3 Å². The summed E-state index contributed by atoms with van der Waals surface area (Å²) < 4.78 is 0. The smallest absolute Gasteiger partial charge is 0.326 e. The minimum absolute atomic E-state index is 0.139. The summed E-state index contributed by atoms with van der Waals surface area (Å²) in [5.41, 5.74) is 1.68. The Balaban J connectivity index is 2.05. The molecule has 1 aliphatic heterocycles. The minimum Gasteiger partial charge on any atom is -0.480 e. The average Bonchev–Trinajstić information content (AvgIpc) is 2.87. The Bertz CT molecular complexity index is 441. The second-order valence-corrected chi connectivity index (χ2v) is 4.28.